The highest BCUT2D eigenvalue weighted by molar-refractivity contribution is 5.68. The number of carboxylic acid groups (broad SMARTS) is 1. The summed E-state index contributed by atoms with van der Waals surface area (Å²) in [4.78, 5) is 27.1. The van der Waals surface area contributed by atoms with Crippen molar-refractivity contribution in [3.63, 3.8) is 0 Å². The minimum atomic E-state index is -0.741. The number of carbonyl (C=O) groups is 1. The van der Waals surface area contributed by atoms with E-state index in [0.29, 0.717) is 26.4 Å². The van der Waals surface area contributed by atoms with Crippen molar-refractivity contribution in [3.8, 4) is 0 Å². The molecule has 2 aliphatic rings. The maximum absolute atomic E-state index is 9.70. The lowest BCUT2D eigenvalue weighted by Gasteiger charge is -2.06. The van der Waals surface area contributed by atoms with Gasteiger partial charge in [0.2, 0.25) is 0 Å². The van der Waals surface area contributed by atoms with Gasteiger partial charge in [-0.15, -0.1) is 0 Å². The van der Waals surface area contributed by atoms with E-state index < -0.39 is 5.97 Å². The Morgan fingerprint density at radius 2 is 1.17 bits per heavy atom. The Morgan fingerprint density at radius 3 is 1.22 bits per heavy atom. The molecule has 2 rings (SSSR count). The smallest absolute Gasteiger partial charge is 0.305 e. The van der Waals surface area contributed by atoms with Gasteiger partial charge in [-0.3, -0.25) is 4.79 Å². The van der Waals surface area contributed by atoms with Gasteiger partial charge < -0.3 is 5.11 Å². The van der Waals surface area contributed by atoms with Gasteiger partial charge in [-0.25, -0.2) is 19.6 Å². The van der Waals surface area contributed by atoms with E-state index in [9.17, 15) is 4.79 Å². The van der Waals surface area contributed by atoms with Crippen molar-refractivity contribution in [2.45, 2.75) is 26.7 Å². The number of hydrogen-bond donors (Lipinski definition) is 1. The molecule has 2 aliphatic heterocycles. The molecule has 2 fully saturated rings. The molecule has 8 heteroatoms. The second kappa shape index (κ2) is 12.7. The van der Waals surface area contributed by atoms with Gasteiger partial charge in [0.25, 0.3) is 0 Å². The number of hydrogen-bond acceptors (Lipinski definition) is 7. The lowest BCUT2D eigenvalue weighted by Crippen LogP contribution is -2.08. The Labute approximate surface area is 105 Å². The van der Waals surface area contributed by atoms with Crippen LogP contribution < -0.4 is 0 Å². The molecule has 0 aromatic carbocycles. The van der Waals surface area contributed by atoms with Gasteiger partial charge in [-0.1, -0.05) is 23.9 Å². The molecule has 0 radical (unpaired) electrons. The van der Waals surface area contributed by atoms with Gasteiger partial charge in [0.05, 0.1) is 32.3 Å². The van der Waals surface area contributed by atoms with E-state index in [0.717, 1.165) is 12.8 Å². The molecule has 1 N–H and O–H groups in total. The normalized spacial score (nSPS) is 19.1. The van der Waals surface area contributed by atoms with Crippen molar-refractivity contribution in [2.24, 2.45) is 5.92 Å². The van der Waals surface area contributed by atoms with Crippen molar-refractivity contribution in [3.05, 3.63) is 0 Å². The summed E-state index contributed by atoms with van der Waals surface area (Å²) in [6.07, 6.45) is 1.86. The monoisotopic (exact) mass is 268 g/mol. The third-order valence-corrected chi connectivity index (χ3v) is 1.60. The van der Waals surface area contributed by atoms with E-state index in [4.69, 9.17) is 5.11 Å². The summed E-state index contributed by atoms with van der Waals surface area (Å²) in [6, 6.07) is 0. The lowest BCUT2D eigenvalue weighted by molar-refractivity contribution is -0.532. The Kier molecular flexibility index (Phi) is 12.1. The molecule has 8 nitrogen and oxygen atoms in total. The van der Waals surface area contributed by atoms with E-state index >= 15 is 0 Å². The molecule has 0 aromatic rings. The quantitative estimate of drug-likeness (QED) is 0.710. The fraction of sp³-hybridized carbons (Fsp3) is 0.900. The molecule has 18 heavy (non-hydrogen) atoms. The Hall–Kier alpha value is -0.770. The average molecular weight is 268 g/mol. The van der Waals surface area contributed by atoms with Gasteiger partial charge in [-0.05, 0) is 0 Å². The summed E-state index contributed by atoms with van der Waals surface area (Å²) in [5.41, 5.74) is 0. The number of aliphatic carboxylic acids is 1. The van der Waals surface area contributed by atoms with Crippen LogP contribution in [0.3, 0.4) is 0 Å². The Bertz CT molecular complexity index is 153. The Balaban J connectivity index is 0.000000241. The molecular weight excluding hydrogens is 248 g/mol. The second-order valence-corrected chi connectivity index (χ2v) is 3.62. The fourth-order valence-electron chi connectivity index (χ4n) is 0.558. The SMILES string of the molecule is C1COOOC1.C1COOOC1.CC(C)C(=O)O. The molecule has 2 heterocycles. The maximum atomic E-state index is 9.70. The zero-order valence-corrected chi connectivity index (χ0v) is 10.6. The van der Waals surface area contributed by atoms with Crippen LogP contribution in [0.5, 0.6) is 0 Å². The zero-order chi connectivity index (χ0) is 13.6. The van der Waals surface area contributed by atoms with Crippen molar-refractivity contribution in [2.75, 3.05) is 26.4 Å². The largest absolute Gasteiger partial charge is 0.481 e. The summed E-state index contributed by atoms with van der Waals surface area (Å²) < 4.78 is 0. The highest BCUT2D eigenvalue weighted by Gasteiger charge is 1.99. The molecule has 0 unspecified atom stereocenters. The molecular formula is C10H20O8. The molecule has 0 amide bonds. The topological polar surface area (TPSA) is 92.7 Å². The van der Waals surface area contributed by atoms with Gasteiger partial charge >= 0.3 is 5.97 Å². The first-order valence-corrected chi connectivity index (χ1v) is 5.69. The molecule has 0 spiro atoms. The van der Waals surface area contributed by atoms with E-state index in [1.165, 1.54) is 0 Å². The minimum Gasteiger partial charge on any atom is -0.481 e. The predicted octanol–water partition coefficient (Wildman–Crippen LogP) is 1.27. The molecule has 2 saturated heterocycles. The van der Waals surface area contributed by atoms with Crippen molar-refractivity contribution in [1.29, 1.82) is 0 Å². The summed E-state index contributed by atoms with van der Waals surface area (Å²) in [7, 11) is 0. The van der Waals surface area contributed by atoms with E-state index in [2.05, 4.69) is 29.6 Å². The van der Waals surface area contributed by atoms with Gasteiger partial charge in [-0.2, -0.15) is 0 Å². The first-order valence-electron chi connectivity index (χ1n) is 5.69. The first kappa shape index (κ1) is 17.2. The highest BCUT2D eigenvalue weighted by atomic mass is 17.5. The van der Waals surface area contributed by atoms with Gasteiger partial charge in [0, 0.05) is 12.8 Å². The van der Waals surface area contributed by atoms with Crippen LogP contribution in [0.2, 0.25) is 0 Å². The van der Waals surface area contributed by atoms with Crippen LogP contribution in [0.25, 0.3) is 0 Å². The highest BCUT2D eigenvalue weighted by Crippen LogP contribution is 1.94. The van der Waals surface area contributed by atoms with Crippen molar-refractivity contribution >= 4 is 5.97 Å². The summed E-state index contributed by atoms with van der Waals surface area (Å²) in [6.45, 7) is 5.89. The van der Waals surface area contributed by atoms with Crippen LogP contribution in [-0.4, -0.2) is 37.5 Å². The lowest BCUT2D eigenvalue weighted by atomic mass is 10.2. The third-order valence-electron chi connectivity index (χ3n) is 1.60. The zero-order valence-electron chi connectivity index (χ0n) is 10.6. The molecule has 0 saturated carbocycles. The van der Waals surface area contributed by atoms with Crippen LogP contribution in [0.4, 0.5) is 0 Å². The summed E-state index contributed by atoms with van der Waals surface area (Å²) in [5.74, 6) is -0.972. The van der Waals surface area contributed by atoms with Gasteiger partial charge in [0.1, 0.15) is 0 Å². The molecule has 108 valence electrons. The summed E-state index contributed by atoms with van der Waals surface area (Å²) >= 11 is 0. The first-order chi connectivity index (χ1) is 8.64. The average Bonchev–Trinajstić information content (AvgIpc) is 2.44. The molecule has 0 bridgehead atoms. The third kappa shape index (κ3) is 13.3. The number of rotatable bonds is 1. The minimum absolute atomic E-state index is 0.231. The van der Waals surface area contributed by atoms with Crippen LogP contribution in [0.1, 0.15) is 26.7 Å². The van der Waals surface area contributed by atoms with Crippen LogP contribution in [-0.2, 0) is 34.4 Å². The Morgan fingerprint density at radius 1 is 0.889 bits per heavy atom. The van der Waals surface area contributed by atoms with E-state index in [1.54, 1.807) is 13.8 Å². The molecule has 0 atom stereocenters. The molecule has 0 aliphatic carbocycles. The van der Waals surface area contributed by atoms with Crippen molar-refractivity contribution in [1.82, 2.24) is 0 Å². The standard InChI is InChI=1S/C4H8O2.2C3H6O3/c1-3(2)4(5)6;2*1-2-4-6-5-3-1/h3H,1-2H3,(H,5,6);2*1-3H2. The van der Waals surface area contributed by atoms with Crippen LogP contribution in [0.15, 0.2) is 0 Å². The fourth-order valence-corrected chi connectivity index (χ4v) is 0.558. The predicted molar refractivity (Wildman–Crippen MR) is 57.7 cm³/mol. The number of carboxylic acids is 1. The van der Waals surface area contributed by atoms with Crippen LogP contribution >= 0.6 is 0 Å². The molecule has 0 aromatic heterocycles. The van der Waals surface area contributed by atoms with Crippen LogP contribution in [0, 0.1) is 5.92 Å². The second-order valence-electron chi connectivity index (χ2n) is 3.62. The summed E-state index contributed by atoms with van der Waals surface area (Å²) in [5, 5.41) is 16.1. The van der Waals surface area contributed by atoms with E-state index in [-0.39, 0.29) is 5.92 Å². The maximum Gasteiger partial charge on any atom is 0.305 e. The van der Waals surface area contributed by atoms with E-state index in [1.807, 2.05) is 0 Å². The van der Waals surface area contributed by atoms with Gasteiger partial charge in [0.15, 0.2) is 0 Å². The van der Waals surface area contributed by atoms with Crippen molar-refractivity contribution < 1.29 is 39.5 Å².